The number of hydrogen-bond acceptors (Lipinski definition) is 19. The van der Waals surface area contributed by atoms with Gasteiger partial charge < -0.3 is 60.2 Å². The highest BCUT2D eigenvalue weighted by atomic mass is 35.5. The summed E-state index contributed by atoms with van der Waals surface area (Å²) in [6.45, 7) is 15.6. The molecule has 506 valence electrons. The van der Waals surface area contributed by atoms with Crippen molar-refractivity contribution in [1.29, 1.82) is 0 Å². The Hall–Kier alpha value is -4.42. The van der Waals surface area contributed by atoms with Crippen LogP contribution in [0.4, 0.5) is 11.6 Å². The third-order valence-electron chi connectivity index (χ3n) is 21.7. The van der Waals surface area contributed by atoms with Crippen molar-refractivity contribution >= 4 is 78.5 Å². The van der Waals surface area contributed by atoms with Crippen LogP contribution in [0.3, 0.4) is 0 Å². The predicted molar refractivity (Wildman–Crippen MR) is 344 cm³/mol. The minimum atomic E-state index is -4.16. The number of esters is 3. The fourth-order valence-corrected chi connectivity index (χ4v) is 20.9. The summed E-state index contributed by atoms with van der Waals surface area (Å²) < 4.78 is 57.3. The van der Waals surface area contributed by atoms with Gasteiger partial charge in [0, 0.05) is 0 Å². The van der Waals surface area contributed by atoms with Gasteiger partial charge in [0.25, 0.3) is 0 Å². The van der Waals surface area contributed by atoms with Crippen molar-refractivity contribution in [2.24, 2.45) is 50.2 Å². The van der Waals surface area contributed by atoms with E-state index in [9.17, 15) is 23.5 Å². The predicted octanol–water partition coefficient (Wildman–Crippen LogP) is 10.5. The zero-order valence-electron chi connectivity index (χ0n) is 54.7. The standard InChI is InChI=1S/C39H60N7O6P.C15H23ClO2.C9H14N5O4P.H3N/c1-26(16-46-24-43-29-30(40)41-23-42-31(29)46)52-25-53(49,44-34(2,3)32(47)50-17-27-12-38(13-27)19-36(20-38)8-6-9-36)45-35(4,5)33(48)51-18-28-14-39(15-28)21-37(22-39)10-7-11-37;1-13(2,16)12(17)18-8-11-6-15(7-11)9-14(10-15)4-3-5-14;1-6(18-5-19(15,16)17)2-14-4-13-7-8(10)11-3-12-9(7)14;/h23-24,26-28H,6-22,25H2,1-5H3,(H2,40,41,42)(H2,44,45,49);11H,3-10H2,1-2H3;3-4,6H,2,5H2,1H3,(H2,10,11,12)(H2,15,16,17);1H3/t26-;;6-;/m1.1./s1. The summed E-state index contributed by atoms with van der Waals surface area (Å²) in [5.74, 6) is 0.630. The molecule has 6 spiro atoms. The summed E-state index contributed by atoms with van der Waals surface area (Å²) in [4.78, 5) is 79.9. The number of aromatic nitrogens is 8. The fourth-order valence-electron chi connectivity index (χ4n) is 17.8. The summed E-state index contributed by atoms with van der Waals surface area (Å²) in [5.41, 5.74) is 14.7. The number of nitrogens with one attached hydrogen (secondary N) is 2. The van der Waals surface area contributed by atoms with Gasteiger partial charge in [0.05, 0.1) is 57.8 Å². The molecule has 0 amide bonds. The minimum absolute atomic E-state index is 0. The Balaban J connectivity index is 0.000000194. The van der Waals surface area contributed by atoms with Crippen molar-refractivity contribution in [3.8, 4) is 0 Å². The van der Waals surface area contributed by atoms with Crippen LogP contribution in [-0.4, -0.2) is 127 Å². The highest BCUT2D eigenvalue weighted by Crippen LogP contribution is 2.74. The van der Waals surface area contributed by atoms with Crippen LogP contribution in [-0.2, 0) is 60.3 Å². The number of anilines is 2. The van der Waals surface area contributed by atoms with Crippen LogP contribution in [0, 0.1) is 50.2 Å². The van der Waals surface area contributed by atoms with Crippen LogP contribution >= 0.6 is 26.6 Å². The number of fused-ring (bicyclic) bond motifs is 2. The SMILES string of the molecule is CC(C)(Cl)C(=O)OCC1CC2(C1)CC1(CCC1)C2.C[C@H](Cn1cnc2c(N)ncnc21)OCP(=O)(NC(C)(C)C(=O)OCC1CC2(C1)CC1(CCC1)C2)NC(C)(C)C(=O)OCC1CC2(C1)CC1(CCC1)C2.C[C@H](Cn1cnc2c(N)ncnc21)OCP(=O)(O)O.N. The monoisotopic (exact) mass is 1330 g/mol. The number of nitrogens with zero attached hydrogens (tertiary/aromatic N) is 8. The number of hydrogen-bond donors (Lipinski definition) is 7. The Bertz CT molecular complexity index is 3280. The van der Waals surface area contributed by atoms with Gasteiger partial charge in [-0.15, -0.1) is 11.6 Å². The zero-order chi connectivity index (χ0) is 64.6. The van der Waals surface area contributed by atoms with E-state index in [0.717, 1.165) is 31.1 Å². The summed E-state index contributed by atoms with van der Waals surface area (Å²) in [6, 6.07) is 0. The van der Waals surface area contributed by atoms with E-state index < -0.39 is 61.5 Å². The molecule has 0 bridgehead atoms. The van der Waals surface area contributed by atoms with Crippen LogP contribution in [0.2, 0.25) is 0 Å². The van der Waals surface area contributed by atoms with E-state index in [1.807, 2.05) is 6.92 Å². The van der Waals surface area contributed by atoms with E-state index in [1.165, 1.54) is 128 Å². The zero-order valence-corrected chi connectivity index (χ0v) is 57.2. The first-order chi connectivity index (χ1) is 42.1. The molecule has 91 heavy (non-hydrogen) atoms. The molecule has 9 fully saturated rings. The lowest BCUT2D eigenvalue weighted by molar-refractivity contribution is -0.179. The Labute approximate surface area is 539 Å². The van der Waals surface area contributed by atoms with Crippen LogP contribution in [0.5, 0.6) is 0 Å². The molecule has 0 unspecified atom stereocenters. The van der Waals surface area contributed by atoms with Gasteiger partial charge >= 0.3 is 25.5 Å². The molecular weight excluding hydrogens is 1230 g/mol. The Morgan fingerprint density at radius 1 is 0.571 bits per heavy atom. The van der Waals surface area contributed by atoms with Crippen LogP contribution in [0.1, 0.15) is 190 Å². The van der Waals surface area contributed by atoms with Gasteiger partial charge in [0.1, 0.15) is 52.3 Å². The first-order valence-electron chi connectivity index (χ1n) is 32.6. The number of carbonyl (C=O) groups excluding carboxylic acids is 3. The second kappa shape index (κ2) is 25.6. The summed E-state index contributed by atoms with van der Waals surface area (Å²) in [6.07, 6.45) is 32.0. The number of alkyl halides is 1. The maximum absolute atomic E-state index is 14.9. The second-order valence-electron chi connectivity index (χ2n) is 31.5. The molecule has 9 aliphatic carbocycles. The molecule has 0 saturated heterocycles. The third kappa shape index (κ3) is 15.5. The first kappa shape index (κ1) is 69.4. The van der Waals surface area contributed by atoms with E-state index in [1.54, 1.807) is 63.9 Å². The molecule has 2 atom stereocenters. The van der Waals surface area contributed by atoms with Gasteiger partial charge in [0.2, 0.25) is 7.44 Å². The van der Waals surface area contributed by atoms with Gasteiger partial charge in [-0.25, -0.2) is 40.1 Å². The van der Waals surface area contributed by atoms with E-state index in [0.29, 0.717) is 100 Å². The number of halogens is 1. The lowest BCUT2D eigenvalue weighted by atomic mass is 9.38. The average Bonchev–Trinajstić information content (AvgIpc) is 1.17. The van der Waals surface area contributed by atoms with Crippen molar-refractivity contribution in [3.63, 3.8) is 0 Å². The maximum Gasteiger partial charge on any atom is 0.350 e. The summed E-state index contributed by atoms with van der Waals surface area (Å²) in [7, 11) is -7.96. The smallest absolute Gasteiger partial charge is 0.350 e. The van der Waals surface area contributed by atoms with E-state index >= 15 is 0 Å². The molecule has 13 rings (SSSR count). The fraction of sp³-hybridized carbons (Fsp3) is 0.794. The number of carbonyl (C=O) groups is 3. The molecule has 0 aliphatic heterocycles. The molecule has 4 heterocycles. The Morgan fingerprint density at radius 2 is 0.901 bits per heavy atom. The normalized spacial score (nSPS) is 23.9. The number of ether oxygens (including phenoxy) is 5. The Kier molecular flexibility index (Phi) is 19.5. The number of imidazole rings is 2. The van der Waals surface area contributed by atoms with Crippen LogP contribution in [0.25, 0.3) is 22.3 Å². The van der Waals surface area contributed by atoms with Gasteiger partial charge in [0.15, 0.2) is 22.9 Å². The van der Waals surface area contributed by atoms with Gasteiger partial charge in [-0.3, -0.25) is 23.5 Å². The summed E-state index contributed by atoms with van der Waals surface area (Å²) >= 11 is 5.91. The van der Waals surface area contributed by atoms with Crippen LogP contribution < -0.4 is 27.8 Å². The number of rotatable bonds is 23. The van der Waals surface area contributed by atoms with Gasteiger partial charge in [-0.05, 0) is 221 Å². The van der Waals surface area contributed by atoms with Crippen molar-refractivity contribution in [3.05, 3.63) is 25.3 Å². The highest BCUT2D eigenvalue weighted by Gasteiger charge is 2.64. The topological polar surface area (TPSA) is 370 Å². The quantitative estimate of drug-likeness (QED) is 0.0157. The lowest BCUT2D eigenvalue weighted by Crippen LogP contribution is -2.57. The molecular formula is C63H100ClN13O12P2. The van der Waals surface area contributed by atoms with Crippen molar-refractivity contribution in [1.82, 2.24) is 55.4 Å². The minimum Gasteiger partial charge on any atom is -0.464 e. The highest BCUT2D eigenvalue weighted by molar-refractivity contribution is 7.59. The van der Waals surface area contributed by atoms with Gasteiger partial charge in [-0.1, -0.05) is 19.3 Å². The van der Waals surface area contributed by atoms with Crippen molar-refractivity contribution in [2.75, 3.05) is 44.0 Å². The van der Waals surface area contributed by atoms with Gasteiger partial charge in [-0.2, -0.15) is 0 Å². The number of nitrogen functional groups attached to an aromatic ring is 2. The second-order valence-corrected chi connectivity index (χ2v) is 36.2. The molecule has 0 aromatic carbocycles. The molecule has 11 N–H and O–H groups in total. The maximum atomic E-state index is 14.9. The molecule has 25 nitrogen and oxygen atoms in total. The molecule has 28 heteroatoms. The third-order valence-corrected chi connectivity index (χ3v) is 24.7. The first-order valence-corrected chi connectivity index (χ1v) is 36.7. The average molecular weight is 1330 g/mol. The number of nitrogens with two attached hydrogens (primary N) is 2. The largest absolute Gasteiger partial charge is 0.464 e. The van der Waals surface area contributed by atoms with E-state index in [-0.39, 0.29) is 30.1 Å². The molecule has 9 saturated carbocycles. The van der Waals surface area contributed by atoms with Crippen molar-refractivity contribution in [2.45, 2.75) is 231 Å². The molecule has 4 aromatic heterocycles. The van der Waals surface area contributed by atoms with Crippen LogP contribution in [0.15, 0.2) is 25.3 Å². The van der Waals surface area contributed by atoms with E-state index in [2.05, 4.69) is 40.1 Å². The molecule has 9 aliphatic rings. The van der Waals surface area contributed by atoms with Crippen molar-refractivity contribution < 1.29 is 57.0 Å². The summed E-state index contributed by atoms with van der Waals surface area (Å²) in [5, 5.41) is 6.14. The van der Waals surface area contributed by atoms with E-state index in [4.69, 9.17) is 56.5 Å². The molecule has 0 radical (unpaired) electrons. The molecule has 4 aromatic rings. The Morgan fingerprint density at radius 3 is 1.21 bits per heavy atom. The lowest BCUT2D eigenvalue weighted by Gasteiger charge is -2.67.